The van der Waals surface area contributed by atoms with Gasteiger partial charge in [0.05, 0.1) is 24.4 Å². The van der Waals surface area contributed by atoms with Crippen molar-refractivity contribution in [1.82, 2.24) is 14.9 Å². The molecule has 1 atom stereocenters. The summed E-state index contributed by atoms with van der Waals surface area (Å²) in [4.78, 5) is 23.4. The summed E-state index contributed by atoms with van der Waals surface area (Å²) in [7, 11) is 0. The smallest absolute Gasteiger partial charge is 0.227 e. The fraction of sp³-hybridized carbons (Fsp3) is 0.450. The number of likely N-dealkylation sites (tertiary alicyclic amines) is 1. The van der Waals surface area contributed by atoms with E-state index in [-0.39, 0.29) is 11.9 Å². The Balaban J connectivity index is 1.49. The number of hydrogen-bond donors (Lipinski definition) is 0. The minimum absolute atomic E-state index is 0.0869. The van der Waals surface area contributed by atoms with E-state index in [1.807, 2.05) is 4.90 Å². The molecule has 1 aliphatic heterocycles. The van der Waals surface area contributed by atoms with Crippen LogP contribution in [0, 0.1) is 0 Å². The Kier molecular flexibility index (Phi) is 4.28. The SMILES string of the molecule is O=C(Cc1ccc2c(c1)CCCC2)N1CCCC1c1cnccn1. The van der Waals surface area contributed by atoms with E-state index in [9.17, 15) is 4.79 Å². The van der Waals surface area contributed by atoms with Crippen molar-refractivity contribution in [2.75, 3.05) is 6.54 Å². The van der Waals surface area contributed by atoms with E-state index in [2.05, 4.69) is 28.2 Å². The standard InChI is InChI=1S/C20H23N3O/c24-20(13-15-7-8-16-4-1-2-5-17(16)12-15)23-11-3-6-19(23)18-14-21-9-10-22-18/h7-10,12,14,19H,1-6,11,13H2. The second-order valence-corrected chi connectivity index (χ2v) is 6.86. The second-order valence-electron chi connectivity index (χ2n) is 6.86. The highest BCUT2D eigenvalue weighted by atomic mass is 16.2. The van der Waals surface area contributed by atoms with Crippen LogP contribution in [0.2, 0.25) is 0 Å². The van der Waals surface area contributed by atoms with Gasteiger partial charge in [0, 0.05) is 18.9 Å². The van der Waals surface area contributed by atoms with Gasteiger partial charge in [0.2, 0.25) is 5.91 Å². The van der Waals surface area contributed by atoms with Crippen LogP contribution in [-0.4, -0.2) is 27.3 Å². The number of rotatable bonds is 3. The minimum Gasteiger partial charge on any atom is -0.334 e. The predicted molar refractivity (Wildman–Crippen MR) is 92.5 cm³/mol. The van der Waals surface area contributed by atoms with Gasteiger partial charge in [0.25, 0.3) is 0 Å². The number of benzene rings is 1. The Morgan fingerprint density at radius 3 is 2.83 bits per heavy atom. The van der Waals surface area contributed by atoms with Crippen molar-refractivity contribution >= 4 is 5.91 Å². The molecule has 2 aliphatic rings. The van der Waals surface area contributed by atoms with Crippen molar-refractivity contribution in [1.29, 1.82) is 0 Å². The van der Waals surface area contributed by atoms with Gasteiger partial charge in [0.1, 0.15) is 0 Å². The summed E-state index contributed by atoms with van der Waals surface area (Å²) in [6.07, 6.45) is 12.6. The first-order chi connectivity index (χ1) is 11.8. The lowest BCUT2D eigenvalue weighted by Gasteiger charge is -2.24. The molecule has 2 aromatic rings. The van der Waals surface area contributed by atoms with Crippen molar-refractivity contribution in [3.63, 3.8) is 0 Å². The molecule has 4 rings (SSSR count). The molecule has 0 N–H and O–H groups in total. The van der Waals surface area contributed by atoms with Crippen molar-refractivity contribution in [2.24, 2.45) is 0 Å². The quantitative estimate of drug-likeness (QED) is 0.871. The van der Waals surface area contributed by atoms with E-state index in [0.717, 1.165) is 37.1 Å². The maximum atomic E-state index is 12.8. The van der Waals surface area contributed by atoms with E-state index >= 15 is 0 Å². The summed E-state index contributed by atoms with van der Waals surface area (Å²) < 4.78 is 0. The number of hydrogen-bond acceptors (Lipinski definition) is 3. The monoisotopic (exact) mass is 321 g/mol. The molecule has 124 valence electrons. The predicted octanol–water partition coefficient (Wildman–Crippen LogP) is 3.26. The van der Waals surface area contributed by atoms with Crippen LogP contribution in [0.3, 0.4) is 0 Å². The zero-order valence-electron chi connectivity index (χ0n) is 13.9. The van der Waals surface area contributed by atoms with Crippen LogP contribution in [0.1, 0.15) is 54.1 Å². The number of amides is 1. The average molecular weight is 321 g/mol. The number of nitrogens with zero attached hydrogens (tertiary/aromatic N) is 3. The summed E-state index contributed by atoms with van der Waals surface area (Å²) in [6, 6.07) is 6.69. The van der Waals surface area contributed by atoms with E-state index in [0.29, 0.717) is 6.42 Å². The van der Waals surface area contributed by atoms with Crippen molar-refractivity contribution in [3.05, 3.63) is 59.2 Å². The molecule has 1 aromatic heterocycles. The van der Waals surface area contributed by atoms with Gasteiger partial charge in [-0.2, -0.15) is 0 Å². The fourth-order valence-corrected chi connectivity index (χ4v) is 4.03. The van der Waals surface area contributed by atoms with E-state index < -0.39 is 0 Å². The van der Waals surface area contributed by atoms with Gasteiger partial charge in [0.15, 0.2) is 0 Å². The van der Waals surface area contributed by atoms with Gasteiger partial charge in [-0.3, -0.25) is 14.8 Å². The number of fused-ring (bicyclic) bond motifs is 1. The van der Waals surface area contributed by atoms with Gasteiger partial charge < -0.3 is 4.90 Å². The fourth-order valence-electron chi connectivity index (χ4n) is 4.03. The van der Waals surface area contributed by atoms with Crippen molar-refractivity contribution < 1.29 is 4.79 Å². The first-order valence-corrected chi connectivity index (χ1v) is 8.97. The van der Waals surface area contributed by atoms with Crippen LogP contribution in [-0.2, 0) is 24.1 Å². The molecule has 1 unspecified atom stereocenters. The van der Waals surface area contributed by atoms with Crippen molar-refractivity contribution in [2.45, 2.75) is 51.0 Å². The van der Waals surface area contributed by atoms with Gasteiger partial charge in [-0.05, 0) is 55.2 Å². The third-order valence-corrected chi connectivity index (χ3v) is 5.27. The highest BCUT2D eigenvalue weighted by Gasteiger charge is 2.30. The van der Waals surface area contributed by atoms with Crippen LogP contribution < -0.4 is 0 Å². The molecule has 4 nitrogen and oxygen atoms in total. The summed E-state index contributed by atoms with van der Waals surface area (Å²) in [5.74, 6) is 0.207. The summed E-state index contributed by atoms with van der Waals surface area (Å²) in [6.45, 7) is 0.824. The van der Waals surface area contributed by atoms with Crippen LogP contribution >= 0.6 is 0 Å². The molecule has 1 fully saturated rings. The Bertz CT molecular complexity index is 729. The van der Waals surface area contributed by atoms with E-state index in [4.69, 9.17) is 0 Å². The average Bonchev–Trinajstić information content (AvgIpc) is 3.12. The van der Waals surface area contributed by atoms with Gasteiger partial charge in [-0.1, -0.05) is 18.2 Å². The topological polar surface area (TPSA) is 46.1 Å². The number of aromatic nitrogens is 2. The lowest BCUT2D eigenvalue weighted by atomic mass is 9.90. The Morgan fingerprint density at radius 2 is 2.00 bits per heavy atom. The maximum Gasteiger partial charge on any atom is 0.227 e. The molecule has 1 amide bonds. The Labute approximate surface area is 142 Å². The van der Waals surface area contributed by atoms with Crippen LogP contribution in [0.25, 0.3) is 0 Å². The van der Waals surface area contributed by atoms with Gasteiger partial charge >= 0.3 is 0 Å². The summed E-state index contributed by atoms with van der Waals surface area (Å²) >= 11 is 0. The lowest BCUT2D eigenvalue weighted by molar-refractivity contribution is -0.131. The highest BCUT2D eigenvalue weighted by Crippen LogP contribution is 2.31. The third-order valence-electron chi connectivity index (χ3n) is 5.27. The van der Waals surface area contributed by atoms with E-state index in [1.165, 1.54) is 30.4 Å². The normalized spacial score (nSPS) is 20.0. The molecule has 2 heterocycles. The molecule has 0 saturated carbocycles. The molecule has 1 aromatic carbocycles. The molecule has 4 heteroatoms. The summed E-state index contributed by atoms with van der Waals surface area (Å²) in [5.41, 5.74) is 4.97. The first kappa shape index (κ1) is 15.3. The van der Waals surface area contributed by atoms with Gasteiger partial charge in [-0.15, -0.1) is 0 Å². The zero-order valence-corrected chi connectivity index (χ0v) is 13.9. The molecular weight excluding hydrogens is 298 g/mol. The van der Waals surface area contributed by atoms with Crippen LogP contribution in [0.4, 0.5) is 0 Å². The van der Waals surface area contributed by atoms with Crippen LogP contribution in [0.15, 0.2) is 36.8 Å². The molecule has 1 aliphatic carbocycles. The third kappa shape index (κ3) is 3.05. The lowest BCUT2D eigenvalue weighted by Crippen LogP contribution is -2.32. The Hall–Kier alpha value is -2.23. The molecule has 0 spiro atoms. The zero-order chi connectivity index (χ0) is 16.4. The number of carbonyl (C=O) groups excluding carboxylic acids is 1. The molecule has 1 saturated heterocycles. The number of carbonyl (C=O) groups is 1. The number of aryl methyl sites for hydroxylation is 2. The first-order valence-electron chi connectivity index (χ1n) is 8.97. The summed E-state index contributed by atoms with van der Waals surface area (Å²) in [5, 5.41) is 0. The maximum absolute atomic E-state index is 12.8. The molecule has 0 radical (unpaired) electrons. The minimum atomic E-state index is 0.0869. The van der Waals surface area contributed by atoms with Crippen LogP contribution in [0.5, 0.6) is 0 Å². The Morgan fingerprint density at radius 1 is 1.12 bits per heavy atom. The molecule has 24 heavy (non-hydrogen) atoms. The van der Waals surface area contributed by atoms with E-state index in [1.54, 1.807) is 18.6 Å². The largest absolute Gasteiger partial charge is 0.334 e. The van der Waals surface area contributed by atoms with Gasteiger partial charge in [-0.25, -0.2) is 0 Å². The highest BCUT2D eigenvalue weighted by molar-refractivity contribution is 5.79. The van der Waals surface area contributed by atoms with Crippen molar-refractivity contribution in [3.8, 4) is 0 Å². The molecular formula is C20H23N3O. The molecule has 0 bridgehead atoms. The second kappa shape index (κ2) is 6.71.